The van der Waals surface area contributed by atoms with Crippen molar-refractivity contribution in [1.82, 2.24) is 92.5 Å². The Morgan fingerprint density at radius 1 is 0.569 bits per heavy atom. The number of hydrogen-bond acceptors (Lipinski definition) is 23. The van der Waals surface area contributed by atoms with Gasteiger partial charge in [-0.15, -0.1) is 11.8 Å². The molecular formula is C92H133N23O21S. The van der Waals surface area contributed by atoms with Crippen molar-refractivity contribution in [2.45, 2.75) is 248 Å². The van der Waals surface area contributed by atoms with Crippen LogP contribution >= 0.6 is 11.8 Å². The maximum absolute atomic E-state index is 16.0. The van der Waals surface area contributed by atoms with Gasteiger partial charge in [0, 0.05) is 113 Å². The molecule has 5 aromatic rings. The lowest BCUT2D eigenvalue weighted by molar-refractivity contribution is -0.149. The Morgan fingerprint density at radius 3 is 1.79 bits per heavy atom. The third kappa shape index (κ3) is 30.5. The number of guanidine groups is 1. The minimum atomic E-state index is -1.78. The van der Waals surface area contributed by atoms with Gasteiger partial charge >= 0.3 is 5.97 Å². The van der Waals surface area contributed by atoms with E-state index in [1.807, 2.05) is 13.8 Å². The number of nitrogens with two attached hydrogens (primary N) is 4. The van der Waals surface area contributed by atoms with Crippen LogP contribution in [0.3, 0.4) is 0 Å². The number of aromatic nitrogens is 2. The van der Waals surface area contributed by atoms with Crippen molar-refractivity contribution in [3.63, 3.8) is 0 Å². The van der Waals surface area contributed by atoms with E-state index in [1.54, 1.807) is 82.4 Å². The quantitative estimate of drug-likeness (QED) is 0.0144. The minimum absolute atomic E-state index is 0.0203. The number of carbonyl (C=O) groups excluding carboxylic acids is 17. The fraction of sp³-hybridized carbons (Fsp3) is 0.554. The van der Waals surface area contributed by atoms with Gasteiger partial charge in [-0.3, -0.25) is 91.7 Å². The number of carboxylic acids is 1. The van der Waals surface area contributed by atoms with Gasteiger partial charge in [-0.25, -0.2) is 0 Å². The second kappa shape index (κ2) is 51.5. The van der Waals surface area contributed by atoms with Gasteiger partial charge in [0.25, 0.3) is 0 Å². The van der Waals surface area contributed by atoms with Crippen molar-refractivity contribution < 1.29 is 102 Å². The Morgan fingerprint density at radius 2 is 1.15 bits per heavy atom. The maximum Gasteiger partial charge on any atom is 0.323 e. The van der Waals surface area contributed by atoms with Crippen molar-refractivity contribution in [2.24, 2.45) is 34.8 Å². The van der Waals surface area contributed by atoms with Crippen molar-refractivity contribution in [1.29, 1.82) is 5.41 Å². The standard InChI is InChI=1S/C92H133N23O21S/c1-11-13-25-69-83(128)102-60(24-19-33-98-92(96)97)80(125)108-67(79(124)100-43-74(95)119)47-137-48-75(120)101-63(36-52-29-31-55(116)32-30-52)87(132)110(8)51(7)78(123)104-65(40-73(94)118)89(134)114-34-20-28-70(114)84(129)107-66(41-93)82(127)105-62(35-49(3)4)90(135)115-45-56(117)39-72(115)85(130)103-61(37-53-42-99-59-23-17-15-21-57(53)59)81(126)109-77(50(5)6)86(131)106-64(88(133)112(10)71(26-14-12-2)91(136)111(69)9)38-54-44-113(46-76(121)122)68-27-18-16-22-58(54)68/h15-18,21-23,27,29-32,42,44,49-51,56,60-67,69-72,77,99,116-117H,11-14,19-20,24-26,28,33-41,43,45-48,93H2,1-10H3,(H2,94,118)(H2,95,119)(H,100,124)(H,101,120)(H,102,128)(H,103,130)(H,104,123)(H,105,127)(H,106,131)(H,107,129)(H,108,125)(H,109,126)(H,121,122)(H4,96,97,98)/t51-,56+,60-,61-,62-,63-,64-,65-,66-,67-,69-,70-,71-,72-,77-/m0/s1. The Hall–Kier alpha value is -13.5. The summed E-state index contributed by atoms with van der Waals surface area (Å²) in [5.74, 6) is -20.0. The molecule has 5 heterocycles. The van der Waals surface area contributed by atoms with Crippen LogP contribution in [0.4, 0.5) is 0 Å². The smallest absolute Gasteiger partial charge is 0.323 e. The van der Waals surface area contributed by atoms with Gasteiger partial charge in [-0.05, 0) is 105 Å². The average Bonchev–Trinajstić information content (AvgIpc) is 1.45. The summed E-state index contributed by atoms with van der Waals surface area (Å²) >= 11 is 0.752. The van der Waals surface area contributed by atoms with Crippen LogP contribution in [0.15, 0.2) is 85.2 Å². The zero-order chi connectivity index (χ0) is 101. The molecule has 0 radical (unpaired) electrons. The van der Waals surface area contributed by atoms with Gasteiger partial charge in [0.1, 0.15) is 96.9 Å². The molecular weight excluding hydrogens is 1800 g/mol. The highest BCUT2D eigenvalue weighted by molar-refractivity contribution is 8.00. The van der Waals surface area contributed by atoms with Gasteiger partial charge < -0.3 is 131 Å². The molecule has 3 saturated heterocycles. The van der Waals surface area contributed by atoms with E-state index in [9.17, 15) is 63.3 Å². The number of hydrogen-bond donors (Lipinski definition) is 20. The Balaban J connectivity index is 1.22. The monoisotopic (exact) mass is 1930 g/mol. The van der Waals surface area contributed by atoms with Crippen LogP contribution in [-0.4, -0.2) is 318 Å². The molecule has 15 atom stereocenters. The van der Waals surface area contributed by atoms with E-state index in [2.05, 4.69) is 63.5 Å². The highest BCUT2D eigenvalue weighted by Crippen LogP contribution is 2.29. The number of phenols is 1. The van der Waals surface area contributed by atoms with Crippen LogP contribution in [-0.2, 0) is 112 Å². The fourth-order valence-electron chi connectivity index (χ4n) is 17.0. The molecule has 3 fully saturated rings. The normalized spacial score (nSPS) is 24.6. The summed E-state index contributed by atoms with van der Waals surface area (Å²) in [4.78, 5) is 272. The summed E-state index contributed by atoms with van der Waals surface area (Å²) in [7, 11) is 3.88. The number of carbonyl (C=O) groups is 18. The molecule has 0 aliphatic carbocycles. The van der Waals surface area contributed by atoms with Crippen LogP contribution in [0, 0.1) is 17.2 Å². The van der Waals surface area contributed by atoms with E-state index in [4.69, 9.17) is 28.3 Å². The number of rotatable bonds is 27. The molecule has 3 aromatic carbocycles. The van der Waals surface area contributed by atoms with Crippen molar-refractivity contribution >= 4 is 146 Å². The van der Waals surface area contributed by atoms with Gasteiger partial charge in [-0.2, -0.15) is 0 Å². The zero-order valence-electron chi connectivity index (χ0n) is 79.0. The number of benzene rings is 3. The molecule has 44 nitrogen and oxygen atoms in total. The number of carboxylic acid groups (broad SMARTS) is 1. The summed E-state index contributed by atoms with van der Waals surface area (Å²) in [6.07, 6.45) is 0.957. The first-order valence-electron chi connectivity index (χ1n) is 46.1. The molecule has 3 aliphatic heterocycles. The number of likely N-dealkylation sites (N-methyl/N-ethyl adjacent to an activating group) is 3. The second-order valence-corrected chi connectivity index (χ2v) is 36.8. The number of unbranched alkanes of at least 4 members (excludes halogenated alkanes) is 2. The van der Waals surface area contributed by atoms with E-state index < -0.39 is 253 Å². The fourth-order valence-corrected chi connectivity index (χ4v) is 17.8. The molecule has 8 rings (SSSR count). The molecule has 3 aliphatic rings. The van der Waals surface area contributed by atoms with Crippen LogP contribution in [0.25, 0.3) is 21.8 Å². The molecule has 2 aromatic heterocycles. The number of fused-ring (bicyclic) bond motifs is 4. The number of aliphatic carboxylic acids is 1. The Labute approximate surface area is 797 Å². The molecule has 0 spiro atoms. The number of aromatic hydroxyl groups is 1. The van der Waals surface area contributed by atoms with Gasteiger partial charge in [0.15, 0.2) is 5.96 Å². The molecule has 0 unspecified atom stereocenters. The van der Waals surface area contributed by atoms with Crippen molar-refractivity contribution in [3.8, 4) is 5.75 Å². The van der Waals surface area contributed by atoms with Gasteiger partial charge in [0.2, 0.25) is 100 Å². The van der Waals surface area contributed by atoms with Crippen molar-refractivity contribution in [2.75, 3.05) is 65.4 Å². The summed E-state index contributed by atoms with van der Waals surface area (Å²) in [6, 6.07) is -2.41. The molecule has 0 saturated carbocycles. The lowest BCUT2D eigenvalue weighted by Gasteiger charge is -2.36. The second-order valence-electron chi connectivity index (χ2n) is 35.8. The lowest BCUT2D eigenvalue weighted by atomic mass is 9.98. The molecule has 0 bridgehead atoms. The van der Waals surface area contributed by atoms with Crippen molar-refractivity contribution in [3.05, 3.63) is 102 Å². The number of nitrogens with one attached hydrogen (secondary N) is 13. The molecule has 17 amide bonds. The van der Waals surface area contributed by atoms with Gasteiger partial charge in [0.05, 0.1) is 24.8 Å². The van der Waals surface area contributed by atoms with E-state index in [1.165, 1.54) is 63.1 Å². The van der Waals surface area contributed by atoms with E-state index >= 15 is 38.4 Å². The van der Waals surface area contributed by atoms with Crippen LogP contribution in [0.2, 0.25) is 0 Å². The van der Waals surface area contributed by atoms with E-state index in [0.29, 0.717) is 64.2 Å². The predicted molar refractivity (Wildman–Crippen MR) is 506 cm³/mol. The third-order valence-electron chi connectivity index (χ3n) is 24.5. The number of H-pyrrole nitrogens is 1. The highest BCUT2D eigenvalue weighted by Gasteiger charge is 2.47. The number of thioether (sulfide) groups is 1. The van der Waals surface area contributed by atoms with Gasteiger partial charge in [-0.1, -0.05) is 116 Å². The minimum Gasteiger partial charge on any atom is -0.508 e. The summed E-state index contributed by atoms with van der Waals surface area (Å²) in [6.45, 7) is 9.13. The molecule has 748 valence electrons. The third-order valence-corrected chi connectivity index (χ3v) is 25.5. The number of aliphatic hydroxyl groups is 1. The van der Waals surface area contributed by atoms with Crippen LogP contribution in [0.5, 0.6) is 5.75 Å². The summed E-state index contributed by atoms with van der Waals surface area (Å²) in [5.41, 5.74) is 25.3. The number of phenolic OH excluding ortho intramolecular Hbond substituents is 1. The summed E-state index contributed by atoms with van der Waals surface area (Å²) in [5, 5.41) is 70.0. The maximum atomic E-state index is 16.0. The average molecular weight is 1930 g/mol. The van der Waals surface area contributed by atoms with E-state index in [0.717, 1.165) is 36.3 Å². The predicted octanol–water partition coefficient (Wildman–Crippen LogP) is -2.71. The largest absolute Gasteiger partial charge is 0.508 e. The summed E-state index contributed by atoms with van der Waals surface area (Å²) < 4.78 is 1.44. The number of amides is 17. The molecule has 137 heavy (non-hydrogen) atoms. The first-order chi connectivity index (χ1) is 64.9. The molecule has 24 N–H and O–H groups in total. The highest BCUT2D eigenvalue weighted by atomic mass is 32.2. The topological polar surface area (TPSA) is 665 Å². The molecule has 45 heteroatoms. The number of nitrogens with zero attached hydrogens (tertiary/aromatic N) is 6. The number of aliphatic hydroxyl groups excluding tert-OH is 1. The van der Waals surface area contributed by atoms with Crippen LogP contribution in [0.1, 0.15) is 149 Å². The number of para-hydroxylation sites is 2. The zero-order valence-corrected chi connectivity index (χ0v) is 79.8. The Bertz CT molecular complexity index is 5180. The first kappa shape index (κ1) is 109. The first-order valence-corrected chi connectivity index (χ1v) is 47.2. The SMILES string of the molecule is CCCC[C@H]1C(=O)N(C)[C@@H](CCCC)C(=O)N[C@@H](CCCNC(=N)N)C(=O)N[C@H](C(=O)NCC(N)=O)CSCC(=O)N[C@@H](Cc2ccc(O)cc2)C(=O)N(C)[C@@H](C)C(=O)N[C@@H](CC(N)=O)C(=O)N2CCC[C@H]2C(=O)N[C@@H](CN)C(=O)N[C@@H](CC(C)C)C(=O)N2C[C@H](O)C[C@H]2C(=O)N[C@@H](Cc2c[nH]c3ccccc23)C(=O)N[C@@H](C(C)C)C(=O)N[C@@H](Cc2cn(CC(=O)O)c3ccccc23)C(=O)N1C. The number of aromatic amines is 1. The van der Waals surface area contributed by atoms with Crippen LogP contribution < -0.4 is 81.4 Å². The Kier molecular flexibility index (Phi) is 40.9. The lowest BCUT2D eigenvalue weighted by Crippen LogP contribution is -2.62. The number of primary amides is 2. The van der Waals surface area contributed by atoms with E-state index in [-0.39, 0.29) is 95.4 Å².